The zero-order valence-corrected chi connectivity index (χ0v) is 17.5. The van der Waals surface area contributed by atoms with Gasteiger partial charge in [-0.2, -0.15) is 5.26 Å². The van der Waals surface area contributed by atoms with Crippen LogP contribution >= 0.6 is 0 Å². The van der Waals surface area contributed by atoms with E-state index in [2.05, 4.69) is 0 Å². The molecule has 0 amide bonds. The molecular formula is C26H20FNO4. The maximum atomic E-state index is 14.0. The van der Waals surface area contributed by atoms with Gasteiger partial charge in [0, 0.05) is 11.6 Å². The number of methoxy groups -OCH3 is 2. The Morgan fingerprint density at radius 3 is 2.47 bits per heavy atom. The standard InChI is InChI=1S/C26H20FNO4/c1-30-21-7-5-6-18(15-21)11-13-26(29)32-24-12-10-19(16-25(24)31-2)14-20(17-28)22-8-3-4-9-23(22)27/h3-16H,1-2H3/b13-11+,20-14-. The van der Waals surface area contributed by atoms with Gasteiger partial charge in [-0.05, 0) is 53.6 Å². The molecule has 32 heavy (non-hydrogen) atoms. The van der Waals surface area contributed by atoms with Crippen LogP contribution in [0.15, 0.2) is 72.8 Å². The number of carbonyl (C=O) groups is 1. The van der Waals surface area contributed by atoms with Crippen molar-refractivity contribution in [3.8, 4) is 23.3 Å². The Labute approximate surface area is 185 Å². The fraction of sp³-hybridized carbons (Fsp3) is 0.0769. The molecule has 3 aromatic carbocycles. The van der Waals surface area contributed by atoms with E-state index in [9.17, 15) is 14.4 Å². The summed E-state index contributed by atoms with van der Waals surface area (Å²) >= 11 is 0. The Balaban J connectivity index is 1.79. The number of nitrogens with zero attached hydrogens (tertiary/aromatic N) is 1. The Kier molecular flexibility index (Phi) is 7.39. The summed E-state index contributed by atoms with van der Waals surface area (Å²) in [5.41, 5.74) is 1.74. The average Bonchev–Trinajstić information content (AvgIpc) is 2.82. The van der Waals surface area contributed by atoms with Crippen LogP contribution in [0.4, 0.5) is 4.39 Å². The lowest BCUT2D eigenvalue weighted by atomic mass is 10.0. The summed E-state index contributed by atoms with van der Waals surface area (Å²) in [6, 6.07) is 20.1. The van der Waals surface area contributed by atoms with Crippen molar-refractivity contribution in [1.82, 2.24) is 0 Å². The van der Waals surface area contributed by atoms with Gasteiger partial charge in [0.2, 0.25) is 0 Å². The highest BCUT2D eigenvalue weighted by molar-refractivity contribution is 5.91. The zero-order chi connectivity index (χ0) is 22.9. The normalized spacial score (nSPS) is 11.1. The van der Waals surface area contributed by atoms with Crippen LogP contribution in [-0.4, -0.2) is 20.2 Å². The van der Waals surface area contributed by atoms with Gasteiger partial charge in [0.05, 0.1) is 25.9 Å². The number of rotatable bonds is 7. The van der Waals surface area contributed by atoms with Crippen molar-refractivity contribution in [3.63, 3.8) is 0 Å². The van der Waals surface area contributed by atoms with Crippen LogP contribution in [0.2, 0.25) is 0 Å². The molecule has 0 heterocycles. The fourth-order valence-corrected chi connectivity index (χ4v) is 2.93. The lowest BCUT2D eigenvalue weighted by Crippen LogP contribution is -2.05. The summed E-state index contributed by atoms with van der Waals surface area (Å²) < 4.78 is 29.9. The minimum absolute atomic E-state index is 0.163. The number of nitriles is 1. The molecule has 3 aromatic rings. The molecule has 5 nitrogen and oxygen atoms in total. The average molecular weight is 429 g/mol. The number of ether oxygens (including phenoxy) is 3. The topological polar surface area (TPSA) is 68.5 Å². The van der Waals surface area contributed by atoms with Gasteiger partial charge in [0.1, 0.15) is 11.6 Å². The van der Waals surface area contributed by atoms with E-state index in [1.54, 1.807) is 55.7 Å². The Morgan fingerprint density at radius 2 is 1.75 bits per heavy atom. The highest BCUT2D eigenvalue weighted by atomic mass is 19.1. The largest absolute Gasteiger partial charge is 0.497 e. The summed E-state index contributed by atoms with van der Waals surface area (Å²) in [4.78, 5) is 12.2. The second kappa shape index (κ2) is 10.6. The molecular weight excluding hydrogens is 409 g/mol. The van der Waals surface area contributed by atoms with Crippen LogP contribution in [0.3, 0.4) is 0 Å². The lowest BCUT2D eigenvalue weighted by Gasteiger charge is -2.09. The van der Waals surface area contributed by atoms with Gasteiger partial charge >= 0.3 is 5.97 Å². The number of hydrogen-bond acceptors (Lipinski definition) is 5. The van der Waals surface area contributed by atoms with E-state index in [1.165, 1.54) is 31.4 Å². The molecule has 0 aromatic heterocycles. The molecule has 0 saturated heterocycles. The predicted molar refractivity (Wildman–Crippen MR) is 121 cm³/mol. The van der Waals surface area contributed by atoms with E-state index in [4.69, 9.17) is 14.2 Å². The number of hydrogen-bond donors (Lipinski definition) is 0. The minimum atomic E-state index is -0.585. The van der Waals surface area contributed by atoms with Crippen molar-refractivity contribution < 1.29 is 23.4 Å². The molecule has 0 saturated carbocycles. The summed E-state index contributed by atoms with van der Waals surface area (Å²) in [5, 5.41) is 9.45. The van der Waals surface area contributed by atoms with Crippen molar-refractivity contribution in [3.05, 3.63) is 95.3 Å². The van der Waals surface area contributed by atoms with Crippen molar-refractivity contribution in [2.24, 2.45) is 0 Å². The lowest BCUT2D eigenvalue weighted by molar-refractivity contribution is -0.129. The molecule has 6 heteroatoms. The highest BCUT2D eigenvalue weighted by Crippen LogP contribution is 2.30. The van der Waals surface area contributed by atoms with Crippen molar-refractivity contribution in [2.45, 2.75) is 0 Å². The van der Waals surface area contributed by atoms with Gasteiger partial charge < -0.3 is 14.2 Å². The van der Waals surface area contributed by atoms with Gasteiger partial charge in [-0.1, -0.05) is 36.4 Å². The van der Waals surface area contributed by atoms with Crippen molar-refractivity contribution in [1.29, 1.82) is 5.26 Å². The first-order chi connectivity index (χ1) is 15.5. The first-order valence-electron chi connectivity index (χ1n) is 9.62. The van der Waals surface area contributed by atoms with Crippen LogP contribution in [0.5, 0.6) is 17.2 Å². The van der Waals surface area contributed by atoms with E-state index >= 15 is 0 Å². The van der Waals surface area contributed by atoms with Crippen LogP contribution in [0.25, 0.3) is 17.7 Å². The molecule has 0 N–H and O–H groups in total. The number of allylic oxidation sites excluding steroid dienone is 1. The van der Waals surface area contributed by atoms with E-state index in [0.29, 0.717) is 17.1 Å². The summed E-state index contributed by atoms with van der Waals surface area (Å²) in [6.07, 6.45) is 4.45. The molecule has 0 aliphatic rings. The highest BCUT2D eigenvalue weighted by Gasteiger charge is 2.11. The van der Waals surface area contributed by atoms with Crippen LogP contribution < -0.4 is 14.2 Å². The SMILES string of the molecule is COc1cccc(/C=C/C(=O)Oc2ccc(/C=C(/C#N)c3ccccc3F)cc2OC)c1. The Hall–Kier alpha value is -4.37. The van der Waals surface area contributed by atoms with Gasteiger partial charge in [0.15, 0.2) is 11.5 Å². The third kappa shape index (κ3) is 5.61. The maximum absolute atomic E-state index is 14.0. The second-order valence-electron chi connectivity index (χ2n) is 6.59. The molecule has 0 bridgehead atoms. The first kappa shape index (κ1) is 22.3. The monoisotopic (exact) mass is 429 g/mol. The molecule has 0 atom stereocenters. The first-order valence-corrected chi connectivity index (χ1v) is 9.62. The summed E-state index contributed by atoms with van der Waals surface area (Å²) in [7, 11) is 3.01. The predicted octanol–water partition coefficient (Wildman–Crippen LogP) is 5.53. The number of carbonyl (C=O) groups excluding carboxylic acids is 1. The second-order valence-corrected chi connectivity index (χ2v) is 6.59. The third-order valence-electron chi connectivity index (χ3n) is 4.50. The van der Waals surface area contributed by atoms with Crippen LogP contribution in [0, 0.1) is 17.1 Å². The Morgan fingerprint density at radius 1 is 0.938 bits per heavy atom. The van der Waals surface area contributed by atoms with Crippen LogP contribution in [-0.2, 0) is 4.79 Å². The van der Waals surface area contributed by atoms with Gasteiger partial charge in [-0.3, -0.25) is 0 Å². The molecule has 3 rings (SSSR count). The summed E-state index contributed by atoms with van der Waals surface area (Å²) in [5.74, 6) is 0.124. The zero-order valence-electron chi connectivity index (χ0n) is 17.5. The van der Waals surface area contributed by atoms with Gasteiger partial charge in [0.25, 0.3) is 0 Å². The molecule has 0 spiro atoms. The number of benzene rings is 3. The fourth-order valence-electron chi connectivity index (χ4n) is 2.93. The smallest absolute Gasteiger partial charge is 0.336 e. The molecule has 0 aliphatic carbocycles. The Bertz CT molecular complexity index is 1220. The molecule has 0 radical (unpaired) electrons. The van der Waals surface area contributed by atoms with E-state index < -0.39 is 11.8 Å². The van der Waals surface area contributed by atoms with Crippen LogP contribution in [0.1, 0.15) is 16.7 Å². The van der Waals surface area contributed by atoms with Crippen molar-refractivity contribution in [2.75, 3.05) is 14.2 Å². The van der Waals surface area contributed by atoms with E-state index in [1.807, 2.05) is 18.2 Å². The molecule has 160 valence electrons. The maximum Gasteiger partial charge on any atom is 0.336 e. The molecule has 0 aliphatic heterocycles. The molecule has 0 fully saturated rings. The molecule has 0 unspecified atom stereocenters. The van der Waals surface area contributed by atoms with Gasteiger partial charge in [-0.25, -0.2) is 9.18 Å². The van der Waals surface area contributed by atoms with E-state index in [-0.39, 0.29) is 16.9 Å². The summed E-state index contributed by atoms with van der Waals surface area (Å²) in [6.45, 7) is 0. The quantitative estimate of drug-likeness (QED) is 0.162. The van der Waals surface area contributed by atoms with E-state index in [0.717, 1.165) is 5.56 Å². The number of halogens is 1. The van der Waals surface area contributed by atoms with Gasteiger partial charge in [-0.15, -0.1) is 0 Å². The third-order valence-corrected chi connectivity index (χ3v) is 4.50. The minimum Gasteiger partial charge on any atom is -0.497 e. The number of esters is 1. The van der Waals surface area contributed by atoms with Crippen molar-refractivity contribution >= 4 is 23.7 Å².